The molecule has 1 aromatic carbocycles. The van der Waals surface area contributed by atoms with E-state index in [1.54, 1.807) is 30.3 Å². The Morgan fingerprint density at radius 2 is 2.19 bits per heavy atom. The molecule has 6 nitrogen and oxygen atoms in total. The third-order valence-corrected chi connectivity index (χ3v) is 2.92. The second kappa shape index (κ2) is 6.92. The Bertz CT molecular complexity index is 649. The van der Waals surface area contributed by atoms with Gasteiger partial charge < -0.3 is 15.5 Å². The number of carbonyl (C=O) groups is 1. The van der Waals surface area contributed by atoms with E-state index >= 15 is 0 Å². The minimum Gasteiger partial charge on any atom is -0.494 e. The summed E-state index contributed by atoms with van der Waals surface area (Å²) in [7, 11) is 0. The van der Waals surface area contributed by atoms with E-state index in [2.05, 4.69) is 15.7 Å². The number of amides is 1. The van der Waals surface area contributed by atoms with Gasteiger partial charge in [0.2, 0.25) is 0 Å². The van der Waals surface area contributed by atoms with Gasteiger partial charge in [-0.3, -0.25) is 4.79 Å². The van der Waals surface area contributed by atoms with Gasteiger partial charge in [0.05, 0.1) is 11.6 Å². The van der Waals surface area contributed by atoms with Gasteiger partial charge in [-0.25, -0.2) is 10.8 Å². The molecule has 7 heteroatoms. The molecule has 0 aliphatic rings. The van der Waals surface area contributed by atoms with Crippen molar-refractivity contribution >= 4 is 29.0 Å². The number of benzene rings is 1. The number of hydrogen-bond donors (Lipinski definition) is 3. The van der Waals surface area contributed by atoms with E-state index in [-0.39, 0.29) is 10.7 Å². The molecule has 0 atom stereocenters. The fourth-order valence-corrected chi connectivity index (χ4v) is 1.89. The molecule has 0 aliphatic carbocycles. The molecule has 0 bridgehead atoms. The van der Waals surface area contributed by atoms with Gasteiger partial charge in [-0.1, -0.05) is 17.7 Å². The van der Waals surface area contributed by atoms with Crippen LogP contribution in [0, 0.1) is 0 Å². The molecule has 0 radical (unpaired) electrons. The molecule has 2 aromatic rings. The summed E-state index contributed by atoms with van der Waals surface area (Å²) in [5.41, 5.74) is 3.05. The molecule has 4 N–H and O–H groups in total. The van der Waals surface area contributed by atoms with Crippen molar-refractivity contribution in [3.63, 3.8) is 0 Å². The maximum absolute atomic E-state index is 12.2. The number of carbonyl (C=O) groups excluding carboxylic acids is 1. The maximum atomic E-state index is 12.2. The molecule has 0 saturated carbocycles. The number of rotatable bonds is 5. The Morgan fingerprint density at radius 1 is 1.38 bits per heavy atom. The van der Waals surface area contributed by atoms with Crippen LogP contribution in [0.25, 0.3) is 0 Å². The molecular formula is C14H15ClN4O2. The van der Waals surface area contributed by atoms with Crippen molar-refractivity contribution in [1.82, 2.24) is 4.98 Å². The number of nitrogens with two attached hydrogens (primary N) is 1. The van der Waals surface area contributed by atoms with Gasteiger partial charge in [0.15, 0.2) is 0 Å². The number of halogens is 1. The van der Waals surface area contributed by atoms with Crippen molar-refractivity contribution in [2.45, 2.75) is 6.92 Å². The quantitative estimate of drug-likeness (QED) is 0.584. The van der Waals surface area contributed by atoms with E-state index in [0.29, 0.717) is 23.9 Å². The smallest absolute Gasteiger partial charge is 0.275 e. The molecule has 0 aliphatic heterocycles. The highest BCUT2D eigenvalue weighted by Gasteiger charge is 2.13. The molecule has 110 valence electrons. The van der Waals surface area contributed by atoms with Crippen molar-refractivity contribution < 1.29 is 9.53 Å². The summed E-state index contributed by atoms with van der Waals surface area (Å²) in [5.74, 6) is 5.87. The molecule has 1 heterocycles. The van der Waals surface area contributed by atoms with Crippen LogP contribution in [0.1, 0.15) is 17.4 Å². The largest absolute Gasteiger partial charge is 0.494 e. The first-order valence-electron chi connectivity index (χ1n) is 6.31. The monoisotopic (exact) mass is 306 g/mol. The predicted octanol–water partition coefficient (Wildman–Crippen LogP) is 2.67. The summed E-state index contributed by atoms with van der Waals surface area (Å²) in [6.07, 6.45) is 0. The van der Waals surface area contributed by atoms with Gasteiger partial charge in [0, 0.05) is 11.8 Å². The SMILES string of the molecule is CCOc1cccc(NC(=O)c2nc(NN)ccc2Cl)c1. The average molecular weight is 307 g/mol. The number of anilines is 2. The summed E-state index contributed by atoms with van der Waals surface area (Å²) in [6, 6.07) is 10.2. The van der Waals surface area contributed by atoms with Crippen LogP contribution in [0.5, 0.6) is 5.75 Å². The van der Waals surface area contributed by atoms with E-state index in [0.717, 1.165) is 0 Å². The highest BCUT2D eigenvalue weighted by molar-refractivity contribution is 6.34. The minimum absolute atomic E-state index is 0.0916. The Hall–Kier alpha value is -2.31. The predicted molar refractivity (Wildman–Crippen MR) is 82.6 cm³/mol. The van der Waals surface area contributed by atoms with Crippen LogP contribution in [0.2, 0.25) is 5.02 Å². The minimum atomic E-state index is -0.425. The summed E-state index contributed by atoms with van der Waals surface area (Å²) in [5, 5.41) is 2.96. The van der Waals surface area contributed by atoms with Crippen LogP contribution < -0.4 is 21.3 Å². The zero-order chi connectivity index (χ0) is 15.2. The lowest BCUT2D eigenvalue weighted by molar-refractivity contribution is 0.102. The first-order chi connectivity index (χ1) is 10.1. The first-order valence-corrected chi connectivity index (χ1v) is 6.69. The Labute approximate surface area is 127 Å². The fourth-order valence-electron chi connectivity index (χ4n) is 1.70. The first kappa shape index (κ1) is 15.1. The van der Waals surface area contributed by atoms with Crippen molar-refractivity contribution in [2.24, 2.45) is 5.84 Å². The highest BCUT2D eigenvalue weighted by atomic mass is 35.5. The summed E-state index contributed by atoms with van der Waals surface area (Å²) in [4.78, 5) is 16.2. The van der Waals surface area contributed by atoms with Crippen LogP contribution in [-0.2, 0) is 0 Å². The summed E-state index contributed by atoms with van der Waals surface area (Å²) < 4.78 is 5.37. The third-order valence-electron chi connectivity index (χ3n) is 2.61. The van der Waals surface area contributed by atoms with Gasteiger partial charge in [-0.15, -0.1) is 0 Å². The second-order valence-corrected chi connectivity index (χ2v) is 4.49. The number of nitrogen functional groups attached to an aromatic ring is 1. The lowest BCUT2D eigenvalue weighted by Gasteiger charge is -2.09. The Morgan fingerprint density at radius 3 is 2.90 bits per heavy atom. The molecule has 0 spiro atoms. The van der Waals surface area contributed by atoms with Gasteiger partial charge in [-0.05, 0) is 31.2 Å². The lowest BCUT2D eigenvalue weighted by Crippen LogP contribution is -2.16. The molecule has 0 fully saturated rings. The van der Waals surface area contributed by atoms with Crippen molar-refractivity contribution in [3.05, 3.63) is 47.1 Å². The zero-order valence-electron chi connectivity index (χ0n) is 11.4. The van der Waals surface area contributed by atoms with Crippen LogP contribution >= 0.6 is 11.6 Å². The summed E-state index contributed by atoms with van der Waals surface area (Å²) >= 11 is 5.98. The number of hydrogen-bond acceptors (Lipinski definition) is 5. The number of hydrazine groups is 1. The normalized spacial score (nSPS) is 10.0. The lowest BCUT2D eigenvalue weighted by atomic mass is 10.2. The number of nitrogens with one attached hydrogen (secondary N) is 2. The van der Waals surface area contributed by atoms with Gasteiger partial charge in [0.25, 0.3) is 5.91 Å². The molecule has 0 unspecified atom stereocenters. The fraction of sp³-hybridized carbons (Fsp3) is 0.143. The zero-order valence-corrected chi connectivity index (χ0v) is 12.1. The van der Waals surface area contributed by atoms with Gasteiger partial charge in [0.1, 0.15) is 17.3 Å². The number of aromatic nitrogens is 1. The van der Waals surface area contributed by atoms with Crippen molar-refractivity contribution in [3.8, 4) is 5.75 Å². The average Bonchev–Trinajstić information content (AvgIpc) is 2.48. The number of pyridine rings is 1. The number of nitrogens with zero attached hydrogens (tertiary/aromatic N) is 1. The topological polar surface area (TPSA) is 89.3 Å². The van der Waals surface area contributed by atoms with Crippen LogP contribution in [0.3, 0.4) is 0 Å². The summed E-state index contributed by atoms with van der Waals surface area (Å²) in [6.45, 7) is 2.44. The third kappa shape index (κ3) is 3.84. The van der Waals surface area contributed by atoms with E-state index in [1.165, 1.54) is 0 Å². The maximum Gasteiger partial charge on any atom is 0.275 e. The Kier molecular flexibility index (Phi) is 4.97. The molecule has 21 heavy (non-hydrogen) atoms. The van der Waals surface area contributed by atoms with E-state index in [9.17, 15) is 4.79 Å². The molecule has 1 amide bonds. The van der Waals surface area contributed by atoms with Crippen molar-refractivity contribution in [2.75, 3.05) is 17.3 Å². The van der Waals surface area contributed by atoms with Crippen LogP contribution in [0.4, 0.5) is 11.5 Å². The molecule has 1 aromatic heterocycles. The molecular weight excluding hydrogens is 292 g/mol. The van der Waals surface area contributed by atoms with E-state index in [4.69, 9.17) is 22.2 Å². The van der Waals surface area contributed by atoms with E-state index < -0.39 is 5.91 Å². The standard InChI is InChI=1S/C14H15ClN4O2/c1-2-21-10-5-3-4-9(8-10)17-14(20)13-11(15)6-7-12(18-13)19-16/h3-8H,2,16H2,1H3,(H,17,20)(H,18,19). The van der Waals surface area contributed by atoms with Crippen molar-refractivity contribution in [1.29, 1.82) is 0 Å². The van der Waals surface area contributed by atoms with Gasteiger partial charge >= 0.3 is 0 Å². The van der Waals surface area contributed by atoms with Crippen LogP contribution in [-0.4, -0.2) is 17.5 Å². The molecule has 0 saturated heterocycles. The number of ether oxygens (including phenoxy) is 1. The highest BCUT2D eigenvalue weighted by Crippen LogP contribution is 2.20. The second-order valence-electron chi connectivity index (χ2n) is 4.09. The Balaban J connectivity index is 2.19. The molecule has 2 rings (SSSR count). The van der Waals surface area contributed by atoms with Gasteiger partial charge in [-0.2, -0.15) is 0 Å². The van der Waals surface area contributed by atoms with E-state index in [1.807, 2.05) is 13.0 Å². The van der Waals surface area contributed by atoms with Crippen LogP contribution in [0.15, 0.2) is 36.4 Å².